The number of benzene rings is 2. The van der Waals surface area contributed by atoms with Crippen molar-refractivity contribution in [3.05, 3.63) is 78.3 Å². The van der Waals surface area contributed by atoms with Gasteiger partial charge >= 0.3 is 18.9 Å². The van der Waals surface area contributed by atoms with Crippen LogP contribution in [0.5, 0.6) is 11.5 Å². The van der Waals surface area contributed by atoms with E-state index in [0.29, 0.717) is 28.5 Å². The Bertz CT molecular complexity index is 940. The van der Waals surface area contributed by atoms with Gasteiger partial charge < -0.3 is 25.9 Å². The third-order valence-corrected chi connectivity index (χ3v) is 4.45. The first kappa shape index (κ1) is 27.0. The zero-order valence-electron chi connectivity index (χ0n) is 18.6. The van der Waals surface area contributed by atoms with Gasteiger partial charge in [0.2, 0.25) is 0 Å². The minimum Gasteiger partial charge on any atom is -0.649 e. The fourth-order valence-electron chi connectivity index (χ4n) is 2.82. The van der Waals surface area contributed by atoms with E-state index in [9.17, 15) is 9.18 Å². The number of fused-ring (bicyclic) bond motifs is 1. The van der Waals surface area contributed by atoms with Gasteiger partial charge in [0.05, 0.1) is 11.2 Å². The number of hydrogen-bond acceptors (Lipinski definition) is 4. The molecule has 1 aliphatic rings. The number of allylic oxidation sites excluding steroid dienone is 2. The van der Waals surface area contributed by atoms with Gasteiger partial charge in [0.25, 0.3) is 5.79 Å². The van der Waals surface area contributed by atoms with E-state index in [1.165, 1.54) is 12.5 Å². The predicted octanol–water partition coefficient (Wildman–Crippen LogP) is 3.44. The fraction of sp³-hybridized carbons (Fsp3) is 0.292. The van der Waals surface area contributed by atoms with Crippen LogP contribution in [0.4, 0.5) is 4.39 Å². The Kier molecular flexibility index (Phi) is 9.57. The summed E-state index contributed by atoms with van der Waals surface area (Å²) in [5, 5.41) is 0.324. The second-order valence-corrected chi connectivity index (χ2v) is 8.12. The molecule has 0 spiro atoms. The maximum Gasteiger partial charge on any atom is 1.00 e. The summed E-state index contributed by atoms with van der Waals surface area (Å²) in [5.74, 6) is -0.588. The third-order valence-electron chi connectivity index (χ3n) is 4.21. The van der Waals surface area contributed by atoms with E-state index in [-0.39, 0.29) is 24.5 Å². The number of para-hydroxylation sites is 1. The van der Waals surface area contributed by atoms with E-state index in [0.717, 1.165) is 11.1 Å². The van der Waals surface area contributed by atoms with Crippen LogP contribution >= 0.6 is 11.6 Å². The van der Waals surface area contributed by atoms with Crippen LogP contribution < -0.4 is 28.3 Å². The van der Waals surface area contributed by atoms with Crippen molar-refractivity contribution in [3.63, 3.8) is 0 Å². The minimum atomic E-state index is -1.25. The van der Waals surface area contributed by atoms with Crippen molar-refractivity contribution < 1.29 is 42.3 Å². The van der Waals surface area contributed by atoms with Gasteiger partial charge in [-0.25, -0.2) is 29.4 Å². The second kappa shape index (κ2) is 11.0. The summed E-state index contributed by atoms with van der Waals surface area (Å²) >= 11 is 5.82. The molecule has 1 aliphatic heterocycles. The van der Waals surface area contributed by atoms with E-state index >= 15 is 0 Å². The van der Waals surface area contributed by atoms with Gasteiger partial charge in [0, 0.05) is 11.9 Å². The Morgan fingerprint density at radius 1 is 1.29 bits per heavy atom. The molecule has 0 fully saturated rings. The third kappa shape index (κ3) is 6.71. The molecule has 1 heterocycles. The Labute approximate surface area is 200 Å². The number of rotatable bonds is 4. The Morgan fingerprint density at radius 3 is 2.45 bits per heavy atom. The first-order chi connectivity index (χ1) is 14.0. The molecular formula is C24H25ClFLiO4-2. The van der Waals surface area contributed by atoms with Crippen LogP contribution in [-0.2, 0) is 15.3 Å². The second-order valence-electron chi connectivity index (χ2n) is 7.68. The summed E-state index contributed by atoms with van der Waals surface area (Å²) in [6.07, 6.45) is 2.31. The van der Waals surface area contributed by atoms with E-state index in [1.807, 2.05) is 12.1 Å². The van der Waals surface area contributed by atoms with Crippen LogP contribution in [-0.4, -0.2) is 12.1 Å². The van der Waals surface area contributed by atoms with Gasteiger partial charge in [-0.15, -0.1) is 0 Å². The maximum absolute atomic E-state index is 14.3. The topological polar surface area (TPSA) is 44.8 Å². The van der Waals surface area contributed by atoms with Crippen LogP contribution in [0.3, 0.4) is 0 Å². The molecule has 4 nitrogen and oxygen atoms in total. The molecule has 0 bridgehead atoms. The van der Waals surface area contributed by atoms with Crippen molar-refractivity contribution in [1.29, 1.82) is 0 Å². The summed E-state index contributed by atoms with van der Waals surface area (Å²) in [4.78, 5) is 9.47. The molecule has 162 valence electrons. The maximum atomic E-state index is 14.3. The SMILES string of the molecule is CC(C)(C)O[C-]=O.[CH2-]/C=C(\C[CH2-])c1cccc2c1OC(C)(c1ccc(Cl)cc1F)O2.[Li+]. The molecule has 0 aromatic heterocycles. The molecule has 2 aromatic carbocycles. The Morgan fingerprint density at radius 2 is 1.97 bits per heavy atom. The Hall–Kier alpha value is -2.06. The van der Waals surface area contributed by atoms with E-state index < -0.39 is 11.6 Å². The van der Waals surface area contributed by atoms with E-state index in [4.69, 9.17) is 21.1 Å². The summed E-state index contributed by atoms with van der Waals surface area (Å²) in [6.45, 7) is 16.1. The van der Waals surface area contributed by atoms with Gasteiger partial charge in [-0.2, -0.15) is 0 Å². The van der Waals surface area contributed by atoms with Crippen molar-refractivity contribution in [1.82, 2.24) is 0 Å². The molecule has 1 atom stereocenters. The van der Waals surface area contributed by atoms with Crippen molar-refractivity contribution in [2.24, 2.45) is 0 Å². The molecule has 0 aliphatic carbocycles. The number of halogens is 2. The first-order valence-corrected chi connectivity index (χ1v) is 9.72. The molecule has 31 heavy (non-hydrogen) atoms. The molecule has 0 saturated heterocycles. The molecule has 0 N–H and O–H groups in total. The average Bonchev–Trinajstić information content (AvgIpc) is 3.00. The van der Waals surface area contributed by atoms with Crippen LogP contribution in [0.2, 0.25) is 5.02 Å². The zero-order valence-corrected chi connectivity index (χ0v) is 19.3. The monoisotopic (exact) mass is 438 g/mol. The van der Waals surface area contributed by atoms with Gasteiger partial charge in [-0.1, -0.05) is 35.8 Å². The first-order valence-electron chi connectivity index (χ1n) is 9.34. The number of hydrogen-bond donors (Lipinski definition) is 0. The molecule has 0 amide bonds. The summed E-state index contributed by atoms with van der Waals surface area (Å²) in [5.41, 5.74) is 1.71. The van der Waals surface area contributed by atoms with Crippen molar-refractivity contribution >= 4 is 23.6 Å². The van der Waals surface area contributed by atoms with Crippen LogP contribution in [0.1, 0.15) is 45.2 Å². The predicted molar refractivity (Wildman–Crippen MR) is 116 cm³/mol. The Balaban J connectivity index is 0.000000523. The molecular weight excluding hydrogens is 414 g/mol. The molecule has 7 heteroatoms. The average molecular weight is 439 g/mol. The van der Waals surface area contributed by atoms with Gasteiger partial charge in [-0.05, 0) is 45.0 Å². The van der Waals surface area contributed by atoms with Gasteiger partial charge in [0.1, 0.15) is 5.82 Å². The van der Waals surface area contributed by atoms with Crippen LogP contribution in [0.25, 0.3) is 5.57 Å². The fourth-order valence-corrected chi connectivity index (χ4v) is 2.98. The number of ether oxygens (including phenoxy) is 3. The quantitative estimate of drug-likeness (QED) is 0.542. The summed E-state index contributed by atoms with van der Waals surface area (Å²) in [7, 11) is 0. The molecule has 0 saturated carbocycles. The molecule has 3 rings (SSSR count). The van der Waals surface area contributed by atoms with Crippen molar-refractivity contribution in [2.45, 2.75) is 45.5 Å². The smallest absolute Gasteiger partial charge is 0.649 e. The molecule has 0 radical (unpaired) electrons. The van der Waals surface area contributed by atoms with Crippen LogP contribution in [0.15, 0.2) is 42.5 Å². The van der Waals surface area contributed by atoms with Crippen molar-refractivity contribution in [3.8, 4) is 11.5 Å². The normalized spacial score (nSPS) is 17.2. The molecule has 2 aromatic rings. The standard InChI is InChI=1S/C19H16ClFO2.C5H9O2.Li/c1-4-12(5-2)14-7-6-8-17-18(14)23-19(3,22-17)15-10-9-13(20)11-16(15)21;1-5(2,3)7-4-6;/h4,6-11H,1-2,5H2,3H3;1-3H3;/q-2;-1;+1/b12-4+;;. The largest absolute Gasteiger partial charge is 1.00 e. The zero-order chi connectivity index (χ0) is 22.5. The summed E-state index contributed by atoms with van der Waals surface area (Å²) < 4.78 is 30.6. The minimum absolute atomic E-state index is 0. The number of carbonyl (C=O) groups excluding carboxylic acids is 1. The van der Waals surface area contributed by atoms with Crippen molar-refractivity contribution in [2.75, 3.05) is 0 Å². The van der Waals surface area contributed by atoms with Gasteiger partial charge in [0.15, 0.2) is 11.5 Å². The van der Waals surface area contributed by atoms with E-state index in [2.05, 4.69) is 18.6 Å². The van der Waals surface area contributed by atoms with E-state index in [1.54, 1.807) is 52.0 Å². The van der Waals surface area contributed by atoms with Gasteiger partial charge in [-0.3, -0.25) is 0 Å². The van der Waals surface area contributed by atoms with Crippen LogP contribution in [0, 0.1) is 19.7 Å². The molecule has 1 unspecified atom stereocenters. The summed E-state index contributed by atoms with van der Waals surface area (Å²) in [6, 6.07) is 9.99.